The summed E-state index contributed by atoms with van der Waals surface area (Å²) < 4.78 is 27.5. The van der Waals surface area contributed by atoms with Crippen LogP contribution in [0.15, 0.2) is 55.2 Å². The van der Waals surface area contributed by atoms with Gasteiger partial charge in [0.15, 0.2) is 11.5 Å². The summed E-state index contributed by atoms with van der Waals surface area (Å²) in [6.07, 6.45) is 11.6. The summed E-state index contributed by atoms with van der Waals surface area (Å²) in [6.45, 7) is 11.4. The Morgan fingerprint density at radius 2 is 1.51 bits per heavy atom. The molecule has 5 rings (SSSR count). The van der Waals surface area contributed by atoms with Gasteiger partial charge in [0.05, 0.1) is 5.56 Å². The molecule has 9 nitrogen and oxygen atoms in total. The number of Topliss-reactive ketones (excluding diaryl/α,β-unsaturated/α-hetero) is 1. The third-order valence-electron chi connectivity index (χ3n) is 10.7. The van der Waals surface area contributed by atoms with Gasteiger partial charge in [-0.25, -0.2) is 14.4 Å². The predicted octanol–water partition coefficient (Wildman–Crippen LogP) is 5.96. The number of ether oxygens (including phenoxy) is 5. The maximum absolute atomic E-state index is 13.3. The minimum absolute atomic E-state index is 0.00118. The zero-order valence-corrected chi connectivity index (χ0v) is 26.3. The van der Waals surface area contributed by atoms with Crippen LogP contribution in [0.3, 0.4) is 0 Å². The maximum Gasteiger partial charge on any atom is 0.338 e. The Morgan fingerprint density at radius 3 is 2.20 bits per heavy atom. The van der Waals surface area contributed by atoms with E-state index >= 15 is 0 Å². The van der Waals surface area contributed by atoms with Gasteiger partial charge >= 0.3 is 17.9 Å². The average molecular weight is 621 g/mol. The van der Waals surface area contributed by atoms with E-state index in [-0.39, 0.29) is 49.1 Å². The second-order valence-corrected chi connectivity index (χ2v) is 13.0. The van der Waals surface area contributed by atoms with Gasteiger partial charge in [-0.05, 0) is 79.9 Å². The van der Waals surface area contributed by atoms with Crippen LogP contribution in [0.5, 0.6) is 11.5 Å². The molecule has 0 spiro atoms. The Balaban J connectivity index is 1.23. The van der Waals surface area contributed by atoms with Crippen molar-refractivity contribution in [2.75, 3.05) is 26.4 Å². The molecular weight excluding hydrogens is 576 g/mol. The van der Waals surface area contributed by atoms with E-state index in [0.29, 0.717) is 34.8 Å². The fraction of sp³-hybridized carbons (Fsp3) is 0.556. The summed E-state index contributed by atoms with van der Waals surface area (Å²) in [7, 11) is 0. The molecule has 0 N–H and O–H groups in total. The van der Waals surface area contributed by atoms with Crippen molar-refractivity contribution < 1.29 is 42.9 Å². The summed E-state index contributed by atoms with van der Waals surface area (Å²) in [4.78, 5) is 48.8. The van der Waals surface area contributed by atoms with Gasteiger partial charge in [-0.3, -0.25) is 4.79 Å². The quantitative estimate of drug-likeness (QED) is 0.0918. The lowest BCUT2D eigenvalue weighted by atomic mass is 9.48. The maximum atomic E-state index is 13.3. The Hall–Kier alpha value is -3.88. The van der Waals surface area contributed by atoms with Crippen LogP contribution in [0, 0.1) is 28.6 Å². The lowest BCUT2D eigenvalue weighted by molar-refractivity contribution is -0.139. The summed E-state index contributed by atoms with van der Waals surface area (Å²) in [5, 5.41) is 0. The average Bonchev–Trinajstić information content (AvgIpc) is 3.35. The molecule has 1 aromatic rings. The molecule has 0 amide bonds. The van der Waals surface area contributed by atoms with Gasteiger partial charge in [-0.2, -0.15) is 0 Å². The largest absolute Gasteiger partial charge is 0.486 e. The molecule has 1 aromatic carbocycles. The number of hydrogen-bond acceptors (Lipinski definition) is 9. The SMILES string of the molecule is C=CC(=O)OCCOc1ccc(C(=O)O[C@H]2CC[C@@]3(C)C(=CC[C@@H]4[C@@H]3CC[C@]3(C)C(=O)CC[C@@H]43)C2)cc1OCCOC(=O)C=C. The Kier molecular flexibility index (Phi) is 9.85. The van der Waals surface area contributed by atoms with Crippen molar-refractivity contribution in [3.05, 3.63) is 60.7 Å². The van der Waals surface area contributed by atoms with Crippen LogP contribution in [0.4, 0.5) is 0 Å². The van der Waals surface area contributed by atoms with Crippen molar-refractivity contribution >= 4 is 23.7 Å². The summed E-state index contributed by atoms with van der Waals surface area (Å²) >= 11 is 0. The molecule has 0 aromatic heterocycles. The number of allylic oxidation sites excluding steroid dienone is 1. The fourth-order valence-corrected chi connectivity index (χ4v) is 8.29. The van der Waals surface area contributed by atoms with Gasteiger partial charge in [0.1, 0.15) is 38.3 Å². The number of fused-ring (bicyclic) bond motifs is 5. The third-order valence-corrected chi connectivity index (χ3v) is 10.7. The first-order valence-electron chi connectivity index (χ1n) is 16.0. The molecule has 6 atom stereocenters. The van der Waals surface area contributed by atoms with Crippen molar-refractivity contribution in [1.82, 2.24) is 0 Å². The topological polar surface area (TPSA) is 114 Å². The van der Waals surface area contributed by atoms with Crippen LogP contribution in [0.2, 0.25) is 0 Å². The van der Waals surface area contributed by atoms with Gasteiger partial charge < -0.3 is 23.7 Å². The number of carbonyl (C=O) groups is 4. The van der Waals surface area contributed by atoms with Gasteiger partial charge in [0.2, 0.25) is 0 Å². The Morgan fingerprint density at radius 1 is 0.867 bits per heavy atom. The summed E-state index contributed by atoms with van der Waals surface area (Å²) in [5.41, 5.74) is 1.63. The predicted molar refractivity (Wildman–Crippen MR) is 166 cm³/mol. The van der Waals surface area contributed by atoms with Crippen molar-refractivity contribution in [1.29, 1.82) is 0 Å². The molecule has 0 aliphatic heterocycles. The van der Waals surface area contributed by atoms with E-state index in [1.165, 1.54) is 5.57 Å². The Bertz CT molecular complexity index is 1380. The second kappa shape index (κ2) is 13.6. The van der Waals surface area contributed by atoms with Crippen LogP contribution >= 0.6 is 0 Å². The molecule has 0 bridgehead atoms. The molecule has 0 unspecified atom stereocenters. The smallest absolute Gasteiger partial charge is 0.338 e. The highest BCUT2D eigenvalue weighted by Crippen LogP contribution is 2.64. The van der Waals surface area contributed by atoms with Crippen molar-refractivity contribution in [3.8, 4) is 11.5 Å². The molecule has 4 aliphatic carbocycles. The van der Waals surface area contributed by atoms with Crippen molar-refractivity contribution in [2.24, 2.45) is 28.6 Å². The molecule has 45 heavy (non-hydrogen) atoms. The Labute approximate surface area is 265 Å². The van der Waals surface area contributed by atoms with E-state index in [4.69, 9.17) is 23.7 Å². The summed E-state index contributed by atoms with van der Waals surface area (Å²) in [5.74, 6) is 1.07. The van der Waals surface area contributed by atoms with Crippen LogP contribution in [-0.4, -0.2) is 56.2 Å². The molecule has 242 valence electrons. The number of rotatable bonds is 12. The summed E-state index contributed by atoms with van der Waals surface area (Å²) in [6, 6.07) is 4.75. The molecular formula is C36H44O9. The molecule has 0 radical (unpaired) electrons. The van der Waals surface area contributed by atoms with Gasteiger partial charge in [-0.1, -0.05) is 38.7 Å². The zero-order valence-electron chi connectivity index (χ0n) is 26.3. The highest BCUT2D eigenvalue weighted by atomic mass is 16.6. The number of ketones is 1. The second-order valence-electron chi connectivity index (χ2n) is 13.0. The van der Waals surface area contributed by atoms with Crippen molar-refractivity contribution in [3.63, 3.8) is 0 Å². The van der Waals surface area contributed by atoms with Gasteiger partial charge in [-0.15, -0.1) is 0 Å². The zero-order chi connectivity index (χ0) is 32.2. The van der Waals surface area contributed by atoms with E-state index < -0.39 is 17.9 Å². The van der Waals surface area contributed by atoms with Crippen LogP contribution in [0.25, 0.3) is 0 Å². The molecule has 0 heterocycles. The van der Waals surface area contributed by atoms with E-state index in [0.717, 1.165) is 63.5 Å². The van der Waals surface area contributed by atoms with E-state index in [2.05, 4.69) is 33.1 Å². The first-order chi connectivity index (χ1) is 21.6. The standard InChI is InChI=1S/C36H44O9/c1-5-32(38)43-19-17-41-29-11-7-23(21-30(29)42-18-20-44-33(39)6-2)34(40)45-25-13-15-35(3)24(22-25)8-9-26-27-10-12-31(37)36(27,4)16-14-28(26)35/h5-8,11,21,25-28H,1-2,9-10,12-20,22H2,3-4H3/t25-,26-,27-,28-,35-,36-/m0/s1. The fourth-order valence-electron chi connectivity index (χ4n) is 8.29. The van der Waals surface area contributed by atoms with Crippen LogP contribution in [-0.2, 0) is 28.6 Å². The molecule has 4 aliphatic rings. The first kappa shape index (κ1) is 32.5. The highest BCUT2D eigenvalue weighted by molar-refractivity contribution is 5.90. The first-order valence-corrected chi connectivity index (χ1v) is 16.0. The molecule has 0 saturated heterocycles. The number of benzene rings is 1. The third kappa shape index (κ3) is 6.72. The highest BCUT2D eigenvalue weighted by Gasteiger charge is 2.58. The van der Waals surface area contributed by atoms with Gasteiger partial charge in [0, 0.05) is 30.4 Å². The lowest BCUT2D eigenvalue weighted by Gasteiger charge is -2.56. The molecule has 3 fully saturated rings. The van der Waals surface area contributed by atoms with Crippen LogP contribution < -0.4 is 9.47 Å². The van der Waals surface area contributed by atoms with Crippen LogP contribution in [0.1, 0.15) is 75.6 Å². The van der Waals surface area contributed by atoms with E-state index in [9.17, 15) is 19.2 Å². The normalized spacial score (nSPS) is 30.0. The minimum Gasteiger partial charge on any atom is -0.486 e. The van der Waals surface area contributed by atoms with E-state index in [1.54, 1.807) is 18.2 Å². The lowest BCUT2D eigenvalue weighted by Crippen LogP contribution is -2.50. The number of hydrogen-bond donors (Lipinski definition) is 0. The van der Waals surface area contributed by atoms with Gasteiger partial charge in [0.25, 0.3) is 0 Å². The van der Waals surface area contributed by atoms with Crippen molar-refractivity contribution in [2.45, 2.75) is 71.3 Å². The number of esters is 3. The molecule has 3 saturated carbocycles. The number of carbonyl (C=O) groups excluding carboxylic acids is 4. The minimum atomic E-state index is -0.570. The molecule has 9 heteroatoms. The van der Waals surface area contributed by atoms with E-state index in [1.807, 2.05) is 0 Å². The monoisotopic (exact) mass is 620 g/mol.